The molecule has 62 valence electrons. The van der Waals surface area contributed by atoms with Gasteiger partial charge in [0, 0.05) is 18.2 Å². The third kappa shape index (κ3) is 1.28. The third-order valence-corrected chi connectivity index (χ3v) is 1.98. The second-order valence-corrected chi connectivity index (χ2v) is 2.82. The van der Waals surface area contributed by atoms with Gasteiger partial charge in [0.1, 0.15) is 11.8 Å². The van der Waals surface area contributed by atoms with E-state index < -0.39 is 0 Å². The van der Waals surface area contributed by atoms with Gasteiger partial charge in [-0.05, 0) is 12.1 Å². The van der Waals surface area contributed by atoms with Gasteiger partial charge in [0.15, 0.2) is 0 Å². The van der Waals surface area contributed by atoms with E-state index in [-0.39, 0.29) is 0 Å². The Morgan fingerprint density at radius 1 is 1.50 bits per heavy atom. The number of aromatic nitrogens is 1. The molecule has 1 aliphatic heterocycles. The maximum absolute atomic E-state index is 5.86. The average Bonchev–Trinajstić information content (AvgIpc) is 2.57. The molecule has 0 saturated carbocycles. The van der Waals surface area contributed by atoms with Crippen LogP contribution in [0.1, 0.15) is 12.0 Å². The van der Waals surface area contributed by atoms with Crippen molar-refractivity contribution in [3.05, 3.63) is 29.0 Å². The summed E-state index contributed by atoms with van der Waals surface area (Å²) in [5, 5.41) is 4.35. The van der Waals surface area contributed by atoms with Crippen molar-refractivity contribution in [2.24, 2.45) is 5.16 Å². The molecule has 12 heavy (non-hydrogen) atoms. The maximum atomic E-state index is 5.86. The van der Waals surface area contributed by atoms with E-state index in [0.717, 1.165) is 17.7 Å². The fraction of sp³-hybridized carbons (Fsp3) is 0.250. The Morgan fingerprint density at radius 2 is 2.42 bits per heavy atom. The van der Waals surface area contributed by atoms with Crippen molar-refractivity contribution in [3.8, 4) is 0 Å². The van der Waals surface area contributed by atoms with Crippen molar-refractivity contribution in [1.82, 2.24) is 4.98 Å². The highest BCUT2D eigenvalue weighted by Gasteiger charge is 2.13. The molecule has 0 aliphatic carbocycles. The number of halogens is 1. The molecule has 0 radical (unpaired) electrons. The Labute approximate surface area is 75.0 Å². The number of oxime groups is 1. The van der Waals surface area contributed by atoms with E-state index in [9.17, 15) is 0 Å². The summed E-state index contributed by atoms with van der Waals surface area (Å²) >= 11 is 5.86. The van der Waals surface area contributed by atoms with Gasteiger partial charge in [-0.2, -0.15) is 0 Å². The second kappa shape index (κ2) is 3.11. The number of pyridine rings is 1. The van der Waals surface area contributed by atoms with Crippen molar-refractivity contribution in [2.45, 2.75) is 6.42 Å². The number of rotatable bonds is 1. The van der Waals surface area contributed by atoms with Gasteiger partial charge in [0.25, 0.3) is 0 Å². The van der Waals surface area contributed by atoms with Crippen LogP contribution in [0.2, 0.25) is 5.15 Å². The van der Waals surface area contributed by atoms with Crippen molar-refractivity contribution in [1.29, 1.82) is 0 Å². The van der Waals surface area contributed by atoms with E-state index in [4.69, 9.17) is 16.4 Å². The largest absolute Gasteiger partial charge is 0.395 e. The van der Waals surface area contributed by atoms with E-state index in [2.05, 4.69) is 10.1 Å². The summed E-state index contributed by atoms with van der Waals surface area (Å²) in [4.78, 5) is 8.82. The number of nitrogens with zero attached hydrogens (tertiary/aromatic N) is 2. The fourth-order valence-electron chi connectivity index (χ4n) is 1.10. The van der Waals surface area contributed by atoms with Crippen LogP contribution in [0.3, 0.4) is 0 Å². The highest BCUT2D eigenvalue weighted by molar-refractivity contribution is 6.33. The Morgan fingerprint density at radius 3 is 3.08 bits per heavy atom. The molecular weight excluding hydrogens is 176 g/mol. The highest BCUT2D eigenvalue weighted by atomic mass is 35.5. The van der Waals surface area contributed by atoms with Crippen LogP contribution in [0.5, 0.6) is 0 Å². The van der Waals surface area contributed by atoms with Gasteiger partial charge in [0.05, 0.1) is 5.71 Å². The van der Waals surface area contributed by atoms with Gasteiger partial charge in [-0.15, -0.1) is 0 Å². The minimum Gasteiger partial charge on any atom is -0.395 e. The van der Waals surface area contributed by atoms with E-state index in [1.54, 1.807) is 6.20 Å². The summed E-state index contributed by atoms with van der Waals surface area (Å²) in [6, 6.07) is 3.73. The van der Waals surface area contributed by atoms with Crippen LogP contribution in [0.15, 0.2) is 23.5 Å². The molecule has 1 aromatic heterocycles. The Kier molecular flexibility index (Phi) is 1.96. The average molecular weight is 183 g/mol. The first kappa shape index (κ1) is 7.55. The summed E-state index contributed by atoms with van der Waals surface area (Å²) in [7, 11) is 0. The summed E-state index contributed by atoms with van der Waals surface area (Å²) in [5.41, 5.74) is 1.75. The van der Waals surface area contributed by atoms with E-state index in [1.165, 1.54) is 0 Å². The Bertz CT molecular complexity index is 325. The third-order valence-electron chi connectivity index (χ3n) is 1.67. The quantitative estimate of drug-likeness (QED) is 0.622. The Balaban J connectivity index is 2.39. The van der Waals surface area contributed by atoms with Crippen LogP contribution in [-0.2, 0) is 4.84 Å². The van der Waals surface area contributed by atoms with Gasteiger partial charge in [-0.1, -0.05) is 16.8 Å². The summed E-state index contributed by atoms with van der Waals surface area (Å²) in [6.45, 7) is 0.639. The van der Waals surface area contributed by atoms with Crippen molar-refractivity contribution in [2.75, 3.05) is 6.61 Å². The van der Waals surface area contributed by atoms with Crippen LogP contribution in [0.4, 0.5) is 0 Å². The van der Waals surface area contributed by atoms with Gasteiger partial charge in [0.2, 0.25) is 0 Å². The minimum atomic E-state index is 0.488. The zero-order valence-electron chi connectivity index (χ0n) is 6.33. The summed E-state index contributed by atoms with van der Waals surface area (Å²) in [5.74, 6) is 0. The zero-order valence-corrected chi connectivity index (χ0v) is 7.08. The number of hydrogen-bond donors (Lipinski definition) is 0. The van der Waals surface area contributed by atoms with Gasteiger partial charge in [-0.25, -0.2) is 4.98 Å². The monoisotopic (exact) mass is 182 g/mol. The van der Waals surface area contributed by atoms with Gasteiger partial charge >= 0.3 is 0 Å². The first-order valence-corrected chi connectivity index (χ1v) is 4.05. The van der Waals surface area contributed by atoms with Crippen molar-refractivity contribution >= 4 is 17.3 Å². The Hall–Kier alpha value is -1.09. The molecule has 0 spiro atoms. The fourth-order valence-corrected chi connectivity index (χ4v) is 1.33. The predicted molar refractivity (Wildman–Crippen MR) is 46.4 cm³/mol. The molecule has 0 unspecified atom stereocenters. The summed E-state index contributed by atoms with van der Waals surface area (Å²) in [6.07, 6.45) is 2.47. The maximum Gasteiger partial charge on any atom is 0.138 e. The van der Waals surface area contributed by atoms with Gasteiger partial charge in [-0.3, -0.25) is 0 Å². The second-order valence-electron chi connectivity index (χ2n) is 2.46. The molecule has 0 saturated heterocycles. The number of hydrogen-bond acceptors (Lipinski definition) is 3. The standard InChI is InChI=1S/C8H7ClN2O/c9-8-6(2-1-4-10-8)7-3-5-12-11-7/h1-2,4H,3,5H2. The molecule has 0 N–H and O–H groups in total. The topological polar surface area (TPSA) is 34.5 Å². The lowest BCUT2D eigenvalue weighted by Gasteiger charge is -1.98. The normalized spacial score (nSPS) is 15.6. The lowest BCUT2D eigenvalue weighted by atomic mass is 10.1. The van der Waals surface area contributed by atoms with Crippen LogP contribution in [0.25, 0.3) is 0 Å². The van der Waals surface area contributed by atoms with Crippen LogP contribution in [-0.4, -0.2) is 17.3 Å². The molecule has 0 fully saturated rings. The van der Waals surface area contributed by atoms with Crippen LogP contribution in [0, 0.1) is 0 Å². The molecule has 0 amide bonds. The van der Waals surface area contributed by atoms with E-state index >= 15 is 0 Å². The molecule has 0 aromatic carbocycles. The molecule has 2 rings (SSSR count). The summed E-state index contributed by atoms with van der Waals surface area (Å²) < 4.78 is 0. The van der Waals surface area contributed by atoms with E-state index in [0.29, 0.717) is 11.8 Å². The van der Waals surface area contributed by atoms with Crippen molar-refractivity contribution in [3.63, 3.8) is 0 Å². The molecule has 3 nitrogen and oxygen atoms in total. The lowest BCUT2D eigenvalue weighted by molar-refractivity contribution is 0.174. The zero-order chi connectivity index (χ0) is 8.39. The van der Waals surface area contributed by atoms with Crippen molar-refractivity contribution < 1.29 is 4.84 Å². The molecule has 1 aliphatic rings. The SMILES string of the molecule is Clc1ncccc1C1=NOCC1. The predicted octanol–water partition coefficient (Wildman–Crippen LogP) is 1.86. The molecule has 2 heterocycles. The smallest absolute Gasteiger partial charge is 0.138 e. The van der Waals surface area contributed by atoms with Gasteiger partial charge < -0.3 is 4.84 Å². The van der Waals surface area contributed by atoms with E-state index in [1.807, 2.05) is 12.1 Å². The molecule has 4 heteroatoms. The van der Waals surface area contributed by atoms with Crippen LogP contribution < -0.4 is 0 Å². The first-order valence-electron chi connectivity index (χ1n) is 3.67. The lowest BCUT2D eigenvalue weighted by Crippen LogP contribution is -1.98. The molecule has 0 bridgehead atoms. The van der Waals surface area contributed by atoms with Crippen LogP contribution >= 0.6 is 11.6 Å². The molecule has 0 atom stereocenters. The molecular formula is C8H7ClN2O. The minimum absolute atomic E-state index is 0.488. The molecule has 1 aromatic rings. The first-order chi connectivity index (χ1) is 5.88. The highest BCUT2D eigenvalue weighted by Crippen LogP contribution is 2.17.